The van der Waals surface area contributed by atoms with Crippen LogP contribution in [0.15, 0.2) is 72.8 Å². The van der Waals surface area contributed by atoms with Crippen LogP contribution in [0.4, 0.5) is 5.69 Å². The first-order chi connectivity index (χ1) is 18.1. The van der Waals surface area contributed by atoms with E-state index >= 15 is 0 Å². The lowest BCUT2D eigenvalue weighted by atomic mass is 10.1. The number of ether oxygens (including phenoxy) is 1. The normalized spacial score (nSPS) is 14.0. The van der Waals surface area contributed by atoms with E-state index in [0.717, 1.165) is 43.9 Å². The van der Waals surface area contributed by atoms with Crippen LogP contribution in [0.2, 0.25) is 0 Å². The highest BCUT2D eigenvalue weighted by molar-refractivity contribution is 5.57. The summed E-state index contributed by atoms with van der Waals surface area (Å²) in [4.78, 5) is 4.65. The second-order valence-electron chi connectivity index (χ2n) is 8.73. The Morgan fingerprint density at radius 1 is 0.892 bits per heavy atom. The summed E-state index contributed by atoms with van der Waals surface area (Å²) in [5.41, 5.74) is 4.55. The summed E-state index contributed by atoms with van der Waals surface area (Å²) in [6.07, 6.45) is 0.323. The van der Waals surface area contributed by atoms with Gasteiger partial charge in [0.2, 0.25) is 0 Å². The zero-order chi connectivity index (χ0) is 26.5. The molecule has 1 aliphatic heterocycles. The van der Waals surface area contributed by atoms with E-state index in [1.54, 1.807) is 24.3 Å². The maximum absolute atomic E-state index is 10.6. The average molecular weight is 499 g/mol. The van der Waals surface area contributed by atoms with Crippen molar-refractivity contribution in [3.8, 4) is 17.9 Å². The van der Waals surface area contributed by atoms with E-state index in [9.17, 15) is 5.11 Å². The molecule has 3 aromatic carbocycles. The zero-order valence-electron chi connectivity index (χ0n) is 21.3. The van der Waals surface area contributed by atoms with Crippen LogP contribution in [0.3, 0.4) is 0 Å². The summed E-state index contributed by atoms with van der Waals surface area (Å²) >= 11 is 0. The van der Waals surface area contributed by atoms with Crippen LogP contribution < -0.4 is 9.64 Å². The molecular formula is C30H34N4O3. The Balaban J connectivity index is 0.000000405. The fraction of sp³-hybridized carbons (Fsp3) is 0.333. The van der Waals surface area contributed by atoms with Crippen molar-refractivity contribution in [3.05, 3.63) is 95.1 Å². The number of aliphatic hydroxyl groups excluding tert-OH is 2. The number of aryl methyl sites for hydroxylation is 1. The van der Waals surface area contributed by atoms with E-state index in [-0.39, 0.29) is 6.61 Å². The van der Waals surface area contributed by atoms with Gasteiger partial charge in [0, 0.05) is 38.4 Å². The number of hydrogen-bond donors (Lipinski definition) is 2. The van der Waals surface area contributed by atoms with Crippen LogP contribution in [0.25, 0.3) is 0 Å². The Bertz CT molecular complexity index is 1200. The van der Waals surface area contributed by atoms with Crippen molar-refractivity contribution < 1.29 is 14.9 Å². The van der Waals surface area contributed by atoms with Crippen molar-refractivity contribution in [2.75, 3.05) is 50.8 Å². The molecule has 0 bridgehead atoms. The third kappa shape index (κ3) is 8.34. The molecule has 0 aliphatic carbocycles. The maximum atomic E-state index is 10.6. The van der Waals surface area contributed by atoms with Gasteiger partial charge in [-0.25, -0.2) is 0 Å². The first kappa shape index (κ1) is 27.7. The molecule has 0 amide bonds. The highest BCUT2D eigenvalue weighted by atomic mass is 16.5. The molecule has 3 aromatic rings. The Kier molecular flexibility index (Phi) is 10.9. The van der Waals surface area contributed by atoms with Gasteiger partial charge >= 0.3 is 0 Å². The third-order valence-electron chi connectivity index (χ3n) is 6.24. The van der Waals surface area contributed by atoms with Gasteiger partial charge in [-0.3, -0.25) is 4.90 Å². The van der Waals surface area contributed by atoms with E-state index in [1.165, 1.54) is 11.3 Å². The molecule has 1 heterocycles. The molecule has 4 rings (SSSR count). The van der Waals surface area contributed by atoms with Gasteiger partial charge < -0.3 is 19.8 Å². The lowest BCUT2D eigenvalue weighted by Crippen LogP contribution is -2.47. The molecule has 37 heavy (non-hydrogen) atoms. The fourth-order valence-electron chi connectivity index (χ4n) is 4.26. The van der Waals surface area contributed by atoms with Crippen molar-refractivity contribution >= 4 is 5.69 Å². The Labute approximate surface area is 219 Å². The summed E-state index contributed by atoms with van der Waals surface area (Å²) in [6, 6.07) is 26.6. The number of rotatable bonds is 8. The van der Waals surface area contributed by atoms with Crippen molar-refractivity contribution in [2.45, 2.75) is 19.4 Å². The minimum atomic E-state index is -0.594. The van der Waals surface area contributed by atoms with Gasteiger partial charge in [0.15, 0.2) is 0 Å². The topological polar surface area (TPSA) is 104 Å². The number of nitriles is 2. The average Bonchev–Trinajstić information content (AvgIpc) is 2.97. The van der Waals surface area contributed by atoms with Gasteiger partial charge in [0.05, 0.1) is 36.0 Å². The fourth-order valence-corrected chi connectivity index (χ4v) is 4.26. The van der Waals surface area contributed by atoms with E-state index < -0.39 is 6.10 Å². The van der Waals surface area contributed by atoms with Crippen LogP contribution >= 0.6 is 0 Å². The largest absolute Gasteiger partial charge is 0.491 e. The van der Waals surface area contributed by atoms with Crippen molar-refractivity contribution in [1.29, 1.82) is 10.5 Å². The van der Waals surface area contributed by atoms with E-state index in [0.29, 0.717) is 24.3 Å². The summed E-state index contributed by atoms with van der Waals surface area (Å²) in [6.45, 7) is 6.57. The molecule has 1 unspecified atom stereocenters. The predicted octanol–water partition coefficient (Wildman–Crippen LogP) is 3.91. The molecule has 0 aromatic heterocycles. The maximum Gasteiger partial charge on any atom is 0.119 e. The monoisotopic (exact) mass is 498 g/mol. The first-order valence-electron chi connectivity index (χ1n) is 12.5. The van der Waals surface area contributed by atoms with Crippen LogP contribution in [0.1, 0.15) is 35.3 Å². The SMILES string of the molecule is CCc1cc(OCCO)ccc1N1CCN(CC(O)c2cccc(C#N)c2)CC1.N#Cc1ccccc1. The van der Waals surface area contributed by atoms with Gasteiger partial charge in [0.25, 0.3) is 0 Å². The second-order valence-corrected chi connectivity index (χ2v) is 8.73. The Morgan fingerprint density at radius 2 is 1.59 bits per heavy atom. The van der Waals surface area contributed by atoms with Gasteiger partial charge in [-0.1, -0.05) is 37.3 Å². The van der Waals surface area contributed by atoms with Crippen molar-refractivity contribution in [3.63, 3.8) is 0 Å². The molecule has 1 saturated heterocycles. The molecule has 2 N–H and O–H groups in total. The molecule has 1 atom stereocenters. The van der Waals surface area contributed by atoms with Gasteiger partial charge in [-0.05, 0) is 60.0 Å². The molecule has 1 fully saturated rings. The summed E-state index contributed by atoms with van der Waals surface area (Å²) in [5, 5.41) is 36.8. The highest BCUT2D eigenvalue weighted by Crippen LogP contribution is 2.27. The predicted molar refractivity (Wildman–Crippen MR) is 144 cm³/mol. The van der Waals surface area contributed by atoms with Crippen LogP contribution in [-0.4, -0.2) is 61.1 Å². The molecular weight excluding hydrogens is 464 g/mol. The van der Waals surface area contributed by atoms with Gasteiger partial charge in [-0.15, -0.1) is 0 Å². The Morgan fingerprint density at radius 3 is 2.22 bits per heavy atom. The summed E-state index contributed by atoms with van der Waals surface area (Å²) < 4.78 is 5.53. The standard InChI is InChI=1S/C23H29N3O3.C7H5N/c1-2-19-15-21(29-13-12-27)6-7-22(19)26-10-8-25(9-11-26)17-23(28)20-5-3-4-18(14-20)16-24;8-6-7-4-2-1-3-5-7/h3-7,14-15,23,27-28H,2,8-13,17H2,1H3;1-5H. The van der Waals surface area contributed by atoms with Crippen LogP contribution in [0, 0.1) is 22.7 Å². The smallest absolute Gasteiger partial charge is 0.119 e. The molecule has 0 spiro atoms. The number of anilines is 1. The van der Waals surface area contributed by atoms with E-state index in [2.05, 4.69) is 34.9 Å². The minimum absolute atomic E-state index is 0.0117. The van der Waals surface area contributed by atoms with Crippen LogP contribution in [-0.2, 0) is 6.42 Å². The van der Waals surface area contributed by atoms with Crippen molar-refractivity contribution in [2.24, 2.45) is 0 Å². The first-order valence-corrected chi connectivity index (χ1v) is 12.5. The van der Waals surface area contributed by atoms with Crippen molar-refractivity contribution in [1.82, 2.24) is 4.90 Å². The number of β-amino-alcohol motifs (C(OH)–C–C–N with tert-alkyl or cyclic N) is 1. The number of nitrogens with zero attached hydrogens (tertiary/aromatic N) is 4. The molecule has 7 nitrogen and oxygen atoms in total. The number of hydrogen-bond acceptors (Lipinski definition) is 7. The molecule has 192 valence electrons. The molecule has 1 aliphatic rings. The molecule has 7 heteroatoms. The van der Waals surface area contributed by atoms with Gasteiger partial charge in [0.1, 0.15) is 12.4 Å². The second kappa shape index (κ2) is 14.6. The quantitative estimate of drug-likeness (QED) is 0.485. The summed E-state index contributed by atoms with van der Waals surface area (Å²) in [5.74, 6) is 0.793. The van der Waals surface area contributed by atoms with E-state index in [1.807, 2.05) is 42.5 Å². The number of benzene rings is 3. The number of piperazine rings is 1. The minimum Gasteiger partial charge on any atom is -0.491 e. The third-order valence-corrected chi connectivity index (χ3v) is 6.24. The highest BCUT2D eigenvalue weighted by Gasteiger charge is 2.21. The molecule has 0 radical (unpaired) electrons. The lowest BCUT2D eigenvalue weighted by molar-refractivity contribution is 0.109. The van der Waals surface area contributed by atoms with E-state index in [4.69, 9.17) is 20.4 Å². The Hall–Kier alpha value is -3.88. The lowest BCUT2D eigenvalue weighted by Gasteiger charge is -2.37. The molecule has 0 saturated carbocycles. The summed E-state index contributed by atoms with van der Waals surface area (Å²) in [7, 11) is 0. The number of aliphatic hydroxyl groups is 2. The van der Waals surface area contributed by atoms with Crippen LogP contribution in [0.5, 0.6) is 5.75 Å². The van der Waals surface area contributed by atoms with Gasteiger partial charge in [-0.2, -0.15) is 10.5 Å². The zero-order valence-corrected chi connectivity index (χ0v) is 21.3.